The fraction of sp³-hybridized carbons (Fsp3) is 0. The Labute approximate surface area is 141 Å². The number of benzene rings is 2. The molecule has 0 bridgehead atoms. The second-order valence-corrected chi connectivity index (χ2v) is 5.51. The van der Waals surface area contributed by atoms with E-state index in [1.54, 1.807) is 24.3 Å². The number of nitrogens with one attached hydrogen (secondary N) is 1. The van der Waals surface area contributed by atoms with Crippen LogP contribution in [0.1, 0.15) is 10.6 Å². The molecule has 0 unspecified atom stereocenters. The van der Waals surface area contributed by atoms with Crippen LogP contribution in [0.4, 0.5) is 10.1 Å². The Morgan fingerprint density at radius 2 is 1.74 bits per heavy atom. The van der Waals surface area contributed by atoms with Crippen molar-refractivity contribution in [3.8, 4) is 11.3 Å². The number of carbonyl (C=O) groups is 1. The van der Waals surface area contributed by atoms with Gasteiger partial charge in [0, 0.05) is 11.3 Å². The standard InChI is InChI=1S/C17H10Cl2FNO2/c18-13-3-1-2-12(16(13)19)14-8-9-15(23-14)17(22)21-11-6-4-10(20)5-7-11/h1-9H,(H,21,22). The fourth-order valence-electron chi connectivity index (χ4n) is 2.02. The summed E-state index contributed by atoms with van der Waals surface area (Å²) in [5.74, 6) is -0.276. The zero-order valence-corrected chi connectivity index (χ0v) is 13.2. The molecule has 116 valence electrons. The lowest BCUT2D eigenvalue weighted by molar-refractivity contribution is 0.0997. The Morgan fingerprint density at radius 3 is 2.48 bits per heavy atom. The maximum absolute atomic E-state index is 12.9. The first kappa shape index (κ1) is 15.6. The highest BCUT2D eigenvalue weighted by Crippen LogP contribution is 2.34. The van der Waals surface area contributed by atoms with E-state index < -0.39 is 5.91 Å². The third-order valence-corrected chi connectivity index (χ3v) is 3.97. The quantitative estimate of drug-likeness (QED) is 0.664. The van der Waals surface area contributed by atoms with Crippen LogP contribution in [0.15, 0.2) is 59.0 Å². The third kappa shape index (κ3) is 3.38. The zero-order chi connectivity index (χ0) is 16.4. The summed E-state index contributed by atoms with van der Waals surface area (Å²) < 4.78 is 18.4. The second-order valence-electron chi connectivity index (χ2n) is 4.73. The molecule has 2 aromatic carbocycles. The molecule has 0 atom stereocenters. The van der Waals surface area contributed by atoms with E-state index in [2.05, 4.69) is 5.32 Å². The van der Waals surface area contributed by atoms with Crippen LogP contribution in [0, 0.1) is 5.82 Å². The topological polar surface area (TPSA) is 42.2 Å². The Hall–Kier alpha value is -2.30. The molecule has 6 heteroatoms. The van der Waals surface area contributed by atoms with E-state index >= 15 is 0 Å². The number of furan rings is 1. The molecule has 1 heterocycles. The Balaban J connectivity index is 1.82. The Morgan fingerprint density at radius 1 is 1.00 bits per heavy atom. The molecule has 0 saturated heterocycles. The molecule has 0 aliphatic heterocycles. The van der Waals surface area contributed by atoms with Crippen molar-refractivity contribution in [1.29, 1.82) is 0 Å². The van der Waals surface area contributed by atoms with Crippen LogP contribution in [0.3, 0.4) is 0 Å². The normalized spacial score (nSPS) is 10.6. The van der Waals surface area contributed by atoms with Crippen LogP contribution in [0.2, 0.25) is 10.0 Å². The molecule has 0 aliphatic rings. The molecular formula is C17H10Cl2FNO2. The molecule has 1 amide bonds. The van der Waals surface area contributed by atoms with Crippen LogP contribution in [-0.2, 0) is 0 Å². The van der Waals surface area contributed by atoms with Crippen molar-refractivity contribution in [3.63, 3.8) is 0 Å². The predicted octanol–water partition coefficient (Wildman–Crippen LogP) is 5.64. The summed E-state index contributed by atoms with van der Waals surface area (Å²) in [6.45, 7) is 0. The summed E-state index contributed by atoms with van der Waals surface area (Å²) in [4.78, 5) is 12.1. The molecule has 0 spiro atoms. The molecule has 0 radical (unpaired) electrons. The van der Waals surface area contributed by atoms with Crippen molar-refractivity contribution in [1.82, 2.24) is 0 Å². The lowest BCUT2D eigenvalue weighted by Gasteiger charge is -2.04. The smallest absolute Gasteiger partial charge is 0.291 e. The van der Waals surface area contributed by atoms with Gasteiger partial charge in [0.25, 0.3) is 5.91 Å². The van der Waals surface area contributed by atoms with Crippen LogP contribution >= 0.6 is 23.2 Å². The van der Waals surface area contributed by atoms with Crippen molar-refractivity contribution in [3.05, 3.63) is 76.2 Å². The van der Waals surface area contributed by atoms with Gasteiger partial charge in [-0.05, 0) is 48.5 Å². The molecule has 3 nitrogen and oxygen atoms in total. The molecule has 1 N–H and O–H groups in total. The summed E-state index contributed by atoms with van der Waals surface area (Å²) in [6.07, 6.45) is 0. The maximum atomic E-state index is 12.9. The van der Waals surface area contributed by atoms with Crippen LogP contribution < -0.4 is 5.32 Å². The summed E-state index contributed by atoms with van der Waals surface area (Å²) >= 11 is 12.1. The van der Waals surface area contributed by atoms with Gasteiger partial charge in [-0.15, -0.1) is 0 Å². The van der Waals surface area contributed by atoms with E-state index in [0.717, 1.165) is 0 Å². The van der Waals surface area contributed by atoms with Gasteiger partial charge in [0.1, 0.15) is 11.6 Å². The summed E-state index contributed by atoms with van der Waals surface area (Å²) in [5, 5.41) is 3.37. The molecule has 3 aromatic rings. The molecule has 3 rings (SSSR count). The first-order valence-corrected chi connectivity index (χ1v) is 7.41. The number of hydrogen-bond acceptors (Lipinski definition) is 2. The highest BCUT2D eigenvalue weighted by molar-refractivity contribution is 6.43. The van der Waals surface area contributed by atoms with E-state index in [1.165, 1.54) is 30.3 Å². The third-order valence-electron chi connectivity index (χ3n) is 3.15. The van der Waals surface area contributed by atoms with Crippen molar-refractivity contribution < 1.29 is 13.6 Å². The van der Waals surface area contributed by atoms with E-state index in [0.29, 0.717) is 27.1 Å². The van der Waals surface area contributed by atoms with Crippen LogP contribution in [0.5, 0.6) is 0 Å². The predicted molar refractivity (Wildman–Crippen MR) is 88.5 cm³/mol. The summed E-state index contributed by atoms with van der Waals surface area (Å²) in [6, 6.07) is 13.8. The van der Waals surface area contributed by atoms with Gasteiger partial charge >= 0.3 is 0 Å². The van der Waals surface area contributed by atoms with Crippen molar-refractivity contribution in [2.45, 2.75) is 0 Å². The minimum absolute atomic E-state index is 0.111. The average molecular weight is 350 g/mol. The van der Waals surface area contributed by atoms with Gasteiger partial charge in [0.2, 0.25) is 0 Å². The molecule has 0 fully saturated rings. The fourth-order valence-corrected chi connectivity index (χ4v) is 2.42. The van der Waals surface area contributed by atoms with E-state index in [4.69, 9.17) is 27.6 Å². The van der Waals surface area contributed by atoms with Crippen LogP contribution in [-0.4, -0.2) is 5.91 Å². The van der Waals surface area contributed by atoms with Gasteiger partial charge in [-0.1, -0.05) is 29.3 Å². The van der Waals surface area contributed by atoms with Crippen molar-refractivity contribution >= 4 is 34.8 Å². The van der Waals surface area contributed by atoms with Crippen molar-refractivity contribution in [2.24, 2.45) is 0 Å². The van der Waals surface area contributed by atoms with Gasteiger partial charge in [0.05, 0.1) is 10.0 Å². The summed E-state index contributed by atoms with van der Waals surface area (Å²) in [5.41, 5.74) is 1.06. The molecule has 0 saturated carbocycles. The first-order valence-electron chi connectivity index (χ1n) is 6.66. The molecular weight excluding hydrogens is 340 g/mol. The second kappa shape index (κ2) is 6.44. The number of carbonyl (C=O) groups excluding carboxylic acids is 1. The lowest BCUT2D eigenvalue weighted by atomic mass is 10.2. The first-order chi connectivity index (χ1) is 11.0. The van der Waals surface area contributed by atoms with Crippen molar-refractivity contribution in [2.75, 3.05) is 5.32 Å². The van der Waals surface area contributed by atoms with E-state index in [1.807, 2.05) is 0 Å². The number of hydrogen-bond donors (Lipinski definition) is 1. The maximum Gasteiger partial charge on any atom is 0.291 e. The Kier molecular flexibility index (Phi) is 4.37. The minimum atomic E-state index is -0.444. The average Bonchev–Trinajstić information content (AvgIpc) is 3.02. The van der Waals surface area contributed by atoms with Crippen LogP contribution in [0.25, 0.3) is 11.3 Å². The van der Waals surface area contributed by atoms with Gasteiger partial charge < -0.3 is 9.73 Å². The number of halogens is 3. The largest absolute Gasteiger partial charge is 0.451 e. The molecule has 23 heavy (non-hydrogen) atoms. The minimum Gasteiger partial charge on any atom is -0.451 e. The number of amides is 1. The molecule has 1 aromatic heterocycles. The van der Waals surface area contributed by atoms with Gasteiger partial charge in [-0.3, -0.25) is 4.79 Å². The van der Waals surface area contributed by atoms with Gasteiger partial charge in [-0.25, -0.2) is 4.39 Å². The number of anilines is 1. The monoisotopic (exact) mass is 349 g/mol. The highest BCUT2D eigenvalue weighted by Gasteiger charge is 2.15. The van der Waals surface area contributed by atoms with E-state index in [-0.39, 0.29) is 11.6 Å². The zero-order valence-electron chi connectivity index (χ0n) is 11.6. The highest BCUT2D eigenvalue weighted by atomic mass is 35.5. The SMILES string of the molecule is O=C(Nc1ccc(F)cc1)c1ccc(-c2cccc(Cl)c2Cl)o1. The lowest BCUT2D eigenvalue weighted by Crippen LogP contribution is -2.10. The van der Waals surface area contributed by atoms with Gasteiger partial charge in [-0.2, -0.15) is 0 Å². The van der Waals surface area contributed by atoms with E-state index in [9.17, 15) is 9.18 Å². The number of rotatable bonds is 3. The Bertz CT molecular complexity index is 859. The molecule has 0 aliphatic carbocycles. The van der Waals surface area contributed by atoms with Gasteiger partial charge in [0.15, 0.2) is 5.76 Å². The summed E-state index contributed by atoms with van der Waals surface area (Å²) in [7, 11) is 0.